The molecule has 2 aromatic rings. The number of nitrogens with zero attached hydrogens (tertiary/aromatic N) is 2. The third-order valence-corrected chi connectivity index (χ3v) is 5.85. The molecule has 1 N–H and O–H groups in total. The Balaban J connectivity index is 1.62. The zero-order valence-electron chi connectivity index (χ0n) is 15.0. The second-order valence-corrected chi connectivity index (χ2v) is 7.49. The SMILES string of the molecule is O=C(Cc1cccc(C(F)(F)F)c1)N1CCc2[nH]cnc2C12CCCCC2. The molecule has 2 heterocycles. The van der Waals surface area contributed by atoms with Gasteiger partial charge < -0.3 is 9.88 Å². The lowest BCUT2D eigenvalue weighted by atomic mass is 9.74. The number of fused-ring (bicyclic) bond motifs is 2. The van der Waals surface area contributed by atoms with Gasteiger partial charge in [-0.3, -0.25) is 4.79 Å². The van der Waals surface area contributed by atoms with Crippen molar-refractivity contribution in [1.29, 1.82) is 0 Å². The Morgan fingerprint density at radius 3 is 2.74 bits per heavy atom. The molecule has 7 heteroatoms. The number of benzene rings is 1. The second-order valence-electron chi connectivity index (χ2n) is 7.49. The minimum absolute atomic E-state index is 0.0224. The normalized spacial score (nSPS) is 19.1. The molecular formula is C20H22F3N3O. The number of imidazole rings is 1. The fourth-order valence-corrected chi connectivity index (χ4v) is 4.61. The zero-order valence-corrected chi connectivity index (χ0v) is 15.0. The van der Waals surface area contributed by atoms with Gasteiger partial charge in [0.1, 0.15) is 0 Å². The Bertz CT molecular complexity index is 837. The molecule has 0 saturated heterocycles. The lowest BCUT2D eigenvalue weighted by molar-refractivity contribution is -0.141. The molecule has 0 unspecified atom stereocenters. The minimum atomic E-state index is -4.40. The Morgan fingerprint density at radius 1 is 1.22 bits per heavy atom. The summed E-state index contributed by atoms with van der Waals surface area (Å²) in [6.45, 7) is 0.576. The van der Waals surface area contributed by atoms with Crippen LogP contribution in [0.25, 0.3) is 0 Å². The number of nitrogens with one attached hydrogen (secondary N) is 1. The van der Waals surface area contributed by atoms with Crippen LogP contribution in [-0.2, 0) is 29.4 Å². The van der Waals surface area contributed by atoms with Crippen molar-refractivity contribution >= 4 is 5.91 Å². The fourth-order valence-electron chi connectivity index (χ4n) is 4.61. The first kappa shape index (κ1) is 18.1. The number of hydrogen-bond acceptors (Lipinski definition) is 2. The summed E-state index contributed by atoms with van der Waals surface area (Å²) in [6.07, 6.45) is 2.87. The van der Waals surface area contributed by atoms with Crippen LogP contribution in [0.15, 0.2) is 30.6 Å². The van der Waals surface area contributed by atoms with Crippen LogP contribution in [0.3, 0.4) is 0 Å². The highest BCUT2D eigenvalue weighted by Crippen LogP contribution is 2.45. The summed E-state index contributed by atoms with van der Waals surface area (Å²) >= 11 is 0. The van der Waals surface area contributed by atoms with Gasteiger partial charge in [0, 0.05) is 18.7 Å². The van der Waals surface area contributed by atoms with Gasteiger partial charge in [-0.2, -0.15) is 13.2 Å². The van der Waals surface area contributed by atoms with Crippen LogP contribution in [0.1, 0.15) is 54.6 Å². The summed E-state index contributed by atoms with van der Waals surface area (Å²) in [4.78, 5) is 22.7. The van der Waals surface area contributed by atoms with Gasteiger partial charge in [-0.15, -0.1) is 0 Å². The molecule has 4 nitrogen and oxygen atoms in total. The van der Waals surface area contributed by atoms with Gasteiger partial charge in [0.15, 0.2) is 0 Å². The van der Waals surface area contributed by atoms with Crippen LogP contribution in [0.2, 0.25) is 0 Å². The summed E-state index contributed by atoms with van der Waals surface area (Å²) in [7, 11) is 0. The molecule has 1 aromatic carbocycles. The van der Waals surface area contributed by atoms with E-state index in [-0.39, 0.29) is 12.3 Å². The number of carbonyl (C=O) groups is 1. The predicted molar refractivity (Wildman–Crippen MR) is 93.9 cm³/mol. The van der Waals surface area contributed by atoms with E-state index >= 15 is 0 Å². The number of halogens is 3. The van der Waals surface area contributed by atoms with Crippen molar-refractivity contribution in [3.8, 4) is 0 Å². The monoisotopic (exact) mass is 377 g/mol. The molecule has 27 heavy (non-hydrogen) atoms. The molecule has 1 spiro atoms. The van der Waals surface area contributed by atoms with Crippen molar-refractivity contribution in [2.75, 3.05) is 6.54 Å². The quantitative estimate of drug-likeness (QED) is 0.852. The molecule has 144 valence electrons. The average molecular weight is 377 g/mol. The van der Waals surface area contributed by atoms with Crippen molar-refractivity contribution < 1.29 is 18.0 Å². The van der Waals surface area contributed by atoms with E-state index in [0.29, 0.717) is 18.5 Å². The van der Waals surface area contributed by atoms with Crippen molar-refractivity contribution in [3.63, 3.8) is 0 Å². The molecular weight excluding hydrogens is 355 g/mol. The lowest BCUT2D eigenvalue weighted by Crippen LogP contribution is -2.55. The standard InChI is InChI=1S/C20H22F3N3O/c21-20(22,23)15-6-4-5-14(11-15)12-17(27)26-10-7-16-18(25-13-24-16)19(26)8-2-1-3-9-19/h4-6,11,13H,1-3,7-10,12H2,(H,24,25). The predicted octanol–water partition coefficient (Wildman–Crippen LogP) is 4.22. The molecule has 1 aliphatic carbocycles. The van der Waals surface area contributed by atoms with Gasteiger partial charge >= 0.3 is 6.18 Å². The zero-order chi connectivity index (χ0) is 19.1. The first-order valence-electron chi connectivity index (χ1n) is 9.39. The third kappa shape index (κ3) is 3.24. The smallest absolute Gasteiger partial charge is 0.348 e. The van der Waals surface area contributed by atoms with Gasteiger partial charge in [0.25, 0.3) is 0 Å². The minimum Gasteiger partial charge on any atom is -0.348 e. The van der Waals surface area contributed by atoms with E-state index in [1.165, 1.54) is 6.07 Å². The van der Waals surface area contributed by atoms with Gasteiger partial charge in [0.2, 0.25) is 5.91 Å². The van der Waals surface area contributed by atoms with Gasteiger partial charge in [-0.25, -0.2) is 4.98 Å². The first-order valence-corrected chi connectivity index (χ1v) is 9.39. The van der Waals surface area contributed by atoms with Gasteiger partial charge in [-0.1, -0.05) is 37.5 Å². The molecule has 2 aliphatic rings. The summed E-state index contributed by atoms with van der Waals surface area (Å²) in [5.74, 6) is -0.120. The van der Waals surface area contributed by atoms with Crippen molar-refractivity contribution in [1.82, 2.24) is 14.9 Å². The van der Waals surface area contributed by atoms with E-state index in [4.69, 9.17) is 0 Å². The molecule has 0 atom stereocenters. The molecule has 1 aromatic heterocycles. The number of alkyl halides is 3. The highest BCUT2D eigenvalue weighted by molar-refractivity contribution is 5.80. The number of aromatic amines is 1. The summed E-state index contributed by atoms with van der Waals surface area (Å²) in [5.41, 5.74) is 1.30. The largest absolute Gasteiger partial charge is 0.416 e. The van der Waals surface area contributed by atoms with Crippen molar-refractivity contribution in [2.24, 2.45) is 0 Å². The van der Waals surface area contributed by atoms with Crippen molar-refractivity contribution in [2.45, 2.75) is 56.7 Å². The molecule has 1 amide bonds. The topological polar surface area (TPSA) is 49.0 Å². The van der Waals surface area contributed by atoms with Crippen LogP contribution in [-0.4, -0.2) is 27.3 Å². The maximum atomic E-state index is 13.1. The average Bonchev–Trinajstić information content (AvgIpc) is 3.12. The van der Waals surface area contributed by atoms with Crippen LogP contribution in [0, 0.1) is 0 Å². The number of hydrogen-bond donors (Lipinski definition) is 1. The first-order chi connectivity index (χ1) is 12.9. The van der Waals surface area contributed by atoms with E-state index in [1.54, 1.807) is 12.4 Å². The Morgan fingerprint density at radius 2 is 2.00 bits per heavy atom. The summed E-state index contributed by atoms with van der Waals surface area (Å²) in [5, 5.41) is 0. The van der Waals surface area contributed by atoms with Gasteiger partial charge in [0.05, 0.1) is 29.5 Å². The molecule has 1 saturated carbocycles. The molecule has 1 fully saturated rings. The van der Waals surface area contributed by atoms with Crippen LogP contribution < -0.4 is 0 Å². The van der Waals surface area contributed by atoms with E-state index in [0.717, 1.165) is 55.6 Å². The number of aromatic nitrogens is 2. The molecule has 1 aliphatic heterocycles. The molecule has 0 bridgehead atoms. The Hall–Kier alpha value is -2.31. The van der Waals surface area contributed by atoms with Crippen molar-refractivity contribution in [3.05, 3.63) is 53.1 Å². The van der Waals surface area contributed by atoms with E-state index in [9.17, 15) is 18.0 Å². The van der Waals surface area contributed by atoms with Crippen LogP contribution >= 0.6 is 0 Å². The summed E-state index contributed by atoms with van der Waals surface area (Å²) in [6, 6.07) is 5.07. The van der Waals surface area contributed by atoms with E-state index in [2.05, 4.69) is 9.97 Å². The van der Waals surface area contributed by atoms with E-state index < -0.39 is 17.3 Å². The van der Waals surface area contributed by atoms with Gasteiger partial charge in [-0.05, 0) is 24.5 Å². The van der Waals surface area contributed by atoms with Crippen LogP contribution in [0.4, 0.5) is 13.2 Å². The summed E-state index contributed by atoms with van der Waals surface area (Å²) < 4.78 is 38.9. The number of carbonyl (C=O) groups excluding carboxylic acids is 1. The maximum absolute atomic E-state index is 13.1. The number of amides is 1. The van der Waals surface area contributed by atoms with E-state index in [1.807, 2.05) is 4.90 Å². The third-order valence-electron chi connectivity index (χ3n) is 5.85. The highest BCUT2D eigenvalue weighted by atomic mass is 19.4. The second kappa shape index (κ2) is 6.69. The molecule has 0 radical (unpaired) electrons. The van der Waals surface area contributed by atoms with Crippen LogP contribution in [0.5, 0.6) is 0 Å². The lowest BCUT2D eigenvalue weighted by Gasteiger charge is -2.48. The Kier molecular flexibility index (Phi) is 4.48. The molecule has 4 rings (SSSR count). The number of rotatable bonds is 2. The fraction of sp³-hybridized carbons (Fsp3) is 0.500. The number of H-pyrrole nitrogens is 1. The highest BCUT2D eigenvalue weighted by Gasteiger charge is 2.47. The maximum Gasteiger partial charge on any atom is 0.416 e. The Labute approximate surface area is 155 Å².